The Kier molecular flexibility index (Phi) is 5.93. The lowest BCUT2D eigenvalue weighted by molar-refractivity contribution is -0.384. The molecule has 1 amide bonds. The first-order valence-corrected chi connectivity index (χ1v) is 5.91. The average molecular weight is 273 g/mol. The van der Waals surface area contributed by atoms with Gasteiger partial charge in [-0.15, -0.1) is 11.6 Å². The Balaban J connectivity index is 2.44. The zero-order chi connectivity index (χ0) is 13.4. The number of benzene rings is 1. The van der Waals surface area contributed by atoms with Crippen molar-refractivity contribution in [3.05, 3.63) is 34.4 Å². The summed E-state index contributed by atoms with van der Waals surface area (Å²) in [4.78, 5) is 21.3. The normalized spacial score (nSPS) is 9.83. The molecular formula is C11H13ClN2O4. The van der Waals surface area contributed by atoms with E-state index in [0.29, 0.717) is 18.0 Å². The standard InChI is InChI=1S/C11H13ClN2O4/c12-6-1-2-7-18-11(15)13-9-4-3-5-10(8-9)14(16)17/h3-5,8H,1-2,6-7H2,(H,13,15). The van der Waals surface area contributed by atoms with Crippen LogP contribution in [0.25, 0.3) is 0 Å². The van der Waals surface area contributed by atoms with Gasteiger partial charge in [0.15, 0.2) is 0 Å². The van der Waals surface area contributed by atoms with Crippen LogP contribution in [-0.2, 0) is 4.74 Å². The largest absolute Gasteiger partial charge is 0.449 e. The molecule has 6 nitrogen and oxygen atoms in total. The first-order valence-electron chi connectivity index (χ1n) is 5.37. The fourth-order valence-electron chi connectivity index (χ4n) is 1.21. The molecule has 0 spiro atoms. The molecule has 0 aliphatic rings. The average Bonchev–Trinajstić information content (AvgIpc) is 2.35. The highest BCUT2D eigenvalue weighted by atomic mass is 35.5. The van der Waals surface area contributed by atoms with Crippen molar-refractivity contribution >= 4 is 29.1 Å². The summed E-state index contributed by atoms with van der Waals surface area (Å²) in [6.45, 7) is 0.271. The molecule has 98 valence electrons. The van der Waals surface area contributed by atoms with E-state index in [0.717, 1.165) is 6.42 Å². The number of rotatable bonds is 6. The minimum Gasteiger partial charge on any atom is -0.449 e. The number of anilines is 1. The molecule has 18 heavy (non-hydrogen) atoms. The number of nitro groups is 1. The lowest BCUT2D eigenvalue weighted by Gasteiger charge is -2.06. The van der Waals surface area contributed by atoms with E-state index in [1.54, 1.807) is 6.07 Å². The van der Waals surface area contributed by atoms with Crippen molar-refractivity contribution in [3.8, 4) is 0 Å². The molecule has 0 aromatic heterocycles. The maximum absolute atomic E-state index is 11.3. The zero-order valence-corrected chi connectivity index (χ0v) is 10.4. The topological polar surface area (TPSA) is 81.5 Å². The number of amides is 1. The first-order chi connectivity index (χ1) is 8.63. The molecule has 0 heterocycles. The first kappa shape index (κ1) is 14.2. The number of nitrogens with one attached hydrogen (secondary N) is 1. The molecule has 1 N–H and O–H groups in total. The van der Waals surface area contributed by atoms with Crippen LogP contribution in [0.4, 0.5) is 16.2 Å². The SMILES string of the molecule is O=C(Nc1cccc([N+](=O)[O-])c1)OCCCCCl. The van der Waals surface area contributed by atoms with E-state index in [4.69, 9.17) is 16.3 Å². The maximum atomic E-state index is 11.3. The Morgan fingerprint density at radius 2 is 2.22 bits per heavy atom. The molecule has 0 saturated carbocycles. The molecule has 7 heteroatoms. The number of hydrogen-bond acceptors (Lipinski definition) is 4. The number of nitro benzene ring substituents is 1. The molecule has 0 radical (unpaired) electrons. The Hall–Kier alpha value is -1.82. The summed E-state index contributed by atoms with van der Waals surface area (Å²) in [6, 6.07) is 5.64. The number of non-ortho nitro benzene ring substituents is 1. The summed E-state index contributed by atoms with van der Waals surface area (Å²) < 4.78 is 4.87. The molecule has 0 unspecified atom stereocenters. The summed E-state index contributed by atoms with van der Waals surface area (Å²) >= 11 is 5.47. The maximum Gasteiger partial charge on any atom is 0.411 e. The number of carbonyl (C=O) groups excluding carboxylic acids is 1. The van der Waals surface area contributed by atoms with Crippen LogP contribution in [0.3, 0.4) is 0 Å². The van der Waals surface area contributed by atoms with Crippen molar-refractivity contribution in [2.24, 2.45) is 0 Å². The summed E-state index contributed by atoms with van der Waals surface area (Å²) in [6.07, 6.45) is 0.822. The van der Waals surface area contributed by atoms with Crippen molar-refractivity contribution in [2.75, 3.05) is 17.8 Å². The van der Waals surface area contributed by atoms with Gasteiger partial charge in [0, 0.05) is 18.0 Å². The van der Waals surface area contributed by atoms with Gasteiger partial charge in [0.2, 0.25) is 0 Å². The molecule has 0 saturated heterocycles. The van der Waals surface area contributed by atoms with Crippen LogP contribution >= 0.6 is 11.6 Å². The van der Waals surface area contributed by atoms with Crippen LogP contribution < -0.4 is 5.32 Å². The Morgan fingerprint density at radius 3 is 2.89 bits per heavy atom. The van der Waals surface area contributed by atoms with E-state index >= 15 is 0 Å². The zero-order valence-electron chi connectivity index (χ0n) is 9.60. The lowest BCUT2D eigenvalue weighted by atomic mass is 10.3. The van der Waals surface area contributed by atoms with Crippen molar-refractivity contribution in [1.29, 1.82) is 0 Å². The summed E-state index contributed by atoms with van der Waals surface area (Å²) in [7, 11) is 0. The third-order valence-electron chi connectivity index (χ3n) is 2.06. The highest BCUT2D eigenvalue weighted by molar-refractivity contribution is 6.17. The molecule has 1 rings (SSSR count). The Morgan fingerprint density at radius 1 is 1.44 bits per heavy atom. The molecule has 0 fully saturated rings. The number of unbranched alkanes of at least 4 members (excludes halogenated alkanes) is 1. The van der Waals surface area contributed by atoms with Gasteiger partial charge in [0.25, 0.3) is 5.69 Å². The second kappa shape index (κ2) is 7.50. The van der Waals surface area contributed by atoms with Crippen molar-refractivity contribution in [2.45, 2.75) is 12.8 Å². The van der Waals surface area contributed by atoms with Crippen LogP contribution in [0.2, 0.25) is 0 Å². The van der Waals surface area contributed by atoms with E-state index < -0.39 is 11.0 Å². The summed E-state index contributed by atoms with van der Waals surface area (Å²) in [5.41, 5.74) is 0.237. The highest BCUT2D eigenvalue weighted by Gasteiger charge is 2.08. The molecule has 0 bridgehead atoms. The van der Waals surface area contributed by atoms with Crippen LogP contribution in [0, 0.1) is 10.1 Å². The smallest absolute Gasteiger partial charge is 0.411 e. The number of carbonyl (C=O) groups is 1. The van der Waals surface area contributed by atoms with E-state index in [-0.39, 0.29) is 12.3 Å². The van der Waals surface area contributed by atoms with E-state index in [1.165, 1.54) is 18.2 Å². The van der Waals surface area contributed by atoms with Crippen LogP contribution in [0.15, 0.2) is 24.3 Å². The fourth-order valence-corrected chi connectivity index (χ4v) is 1.40. The van der Waals surface area contributed by atoms with Crippen LogP contribution in [0.5, 0.6) is 0 Å². The second-order valence-electron chi connectivity index (χ2n) is 3.46. The van der Waals surface area contributed by atoms with Crippen molar-refractivity contribution in [3.63, 3.8) is 0 Å². The van der Waals surface area contributed by atoms with Gasteiger partial charge in [-0.2, -0.15) is 0 Å². The van der Waals surface area contributed by atoms with Crippen LogP contribution in [-0.4, -0.2) is 23.5 Å². The third-order valence-corrected chi connectivity index (χ3v) is 2.33. The minimum absolute atomic E-state index is 0.0880. The minimum atomic E-state index is -0.634. The molecule has 0 aliphatic heterocycles. The summed E-state index contributed by atoms with van der Waals surface area (Å²) in [5.74, 6) is 0.524. The monoisotopic (exact) mass is 272 g/mol. The van der Waals surface area contributed by atoms with Gasteiger partial charge >= 0.3 is 6.09 Å². The third kappa shape index (κ3) is 5.01. The van der Waals surface area contributed by atoms with Gasteiger partial charge in [-0.3, -0.25) is 15.4 Å². The lowest BCUT2D eigenvalue weighted by Crippen LogP contribution is -2.14. The molecule has 1 aromatic rings. The molecule has 0 atom stereocenters. The fraction of sp³-hybridized carbons (Fsp3) is 0.364. The Bertz CT molecular complexity index is 425. The number of halogens is 1. The predicted molar refractivity (Wildman–Crippen MR) is 68.0 cm³/mol. The number of alkyl halides is 1. The van der Waals surface area contributed by atoms with Gasteiger partial charge < -0.3 is 4.74 Å². The Labute approximate surface area is 109 Å². The molecular weight excluding hydrogens is 260 g/mol. The van der Waals surface area contributed by atoms with E-state index in [9.17, 15) is 14.9 Å². The van der Waals surface area contributed by atoms with E-state index in [2.05, 4.69) is 5.32 Å². The van der Waals surface area contributed by atoms with Gasteiger partial charge in [0.05, 0.1) is 17.2 Å². The highest BCUT2D eigenvalue weighted by Crippen LogP contribution is 2.17. The van der Waals surface area contributed by atoms with Crippen molar-refractivity contribution in [1.82, 2.24) is 0 Å². The predicted octanol–water partition coefficient (Wildman–Crippen LogP) is 3.16. The van der Waals surface area contributed by atoms with E-state index in [1.807, 2.05) is 0 Å². The number of hydrogen-bond donors (Lipinski definition) is 1. The quantitative estimate of drug-likeness (QED) is 0.373. The van der Waals surface area contributed by atoms with Crippen LogP contribution in [0.1, 0.15) is 12.8 Å². The van der Waals surface area contributed by atoms with Gasteiger partial charge in [-0.1, -0.05) is 6.07 Å². The van der Waals surface area contributed by atoms with Gasteiger partial charge in [-0.05, 0) is 18.9 Å². The number of nitrogens with zero attached hydrogens (tertiary/aromatic N) is 1. The molecule has 1 aromatic carbocycles. The van der Waals surface area contributed by atoms with Crippen molar-refractivity contribution < 1.29 is 14.5 Å². The number of ether oxygens (including phenoxy) is 1. The van der Waals surface area contributed by atoms with Gasteiger partial charge in [-0.25, -0.2) is 4.79 Å². The molecule has 0 aliphatic carbocycles. The van der Waals surface area contributed by atoms with Gasteiger partial charge in [0.1, 0.15) is 0 Å². The summed E-state index contributed by atoms with van der Waals surface area (Å²) in [5, 5.41) is 12.9. The second-order valence-corrected chi connectivity index (χ2v) is 3.84.